The van der Waals surface area contributed by atoms with Crippen molar-refractivity contribution in [1.29, 1.82) is 0 Å². The zero-order chi connectivity index (χ0) is 30.6. The number of pyridine rings is 1. The molecule has 2 aromatic carbocycles. The van der Waals surface area contributed by atoms with E-state index in [0.29, 0.717) is 5.56 Å². The van der Waals surface area contributed by atoms with E-state index in [1.165, 1.54) is 36.1 Å². The molecule has 0 saturated carbocycles. The number of carboxylic acid groups (broad SMARTS) is 2. The molecule has 0 fully saturated rings. The third-order valence-electron chi connectivity index (χ3n) is 5.97. The van der Waals surface area contributed by atoms with Crippen molar-refractivity contribution in [3.05, 3.63) is 89.5 Å². The van der Waals surface area contributed by atoms with Crippen molar-refractivity contribution in [2.45, 2.75) is 12.2 Å². The van der Waals surface area contributed by atoms with E-state index in [1.807, 2.05) is 0 Å². The Hall–Kier alpha value is -5.47. The van der Waals surface area contributed by atoms with Gasteiger partial charge < -0.3 is 26.2 Å². The smallest absolute Gasteiger partial charge is 0.417 e. The number of amides is 3. The number of benzene rings is 2. The van der Waals surface area contributed by atoms with Crippen LogP contribution in [0.4, 0.5) is 32.8 Å². The van der Waals surface area contributed by atoms with Crippen LogP contribution in [0.5, 0.6) is 0 Å². The molecule has 0 aliphatic carbocycles. The lowest BCUT2D eigenvalue weighted by Crippen LogP contribution is -2.37. The first-order valence-corrected chi connectivity index (χ1v) is 12.1. The van der Waals surface area contributed by atoms with Crippen molar-refractivity contribution in [2.75, 3.05) is 11.9 Å². The molecule has 0 bridgehead atoms. The van der Waals surface area contributed by atoms with Gasteiger partial charge in [-0.05, 0) is 30.3 Å². The summed E-state index contributed by atoms with van der Waals surface area (Å²) < 4.78 is 57.4. The summed E-state index contributed by atoms with van der Waals surface area (Å²) in [5, 5.41) is 28.8. The minimum atomic E-state index is -4.93. The van der Waals surface area contributed by atoms with Crippen LogP contribution >= 0.6 is 0 Å². The molecule has 0 spiro atoms. The molecule has 3 amide bonds. The van der Waals surface area contributed by atoms with Gasteiger partial charge in [0.05, 0.1) is 39.9 Å². The Kier molecular flexibility index (Phi) is 8.40. The van der Waals surface area contributed by atoms with Crippen molar-refractivity contribution in [1.82, 2.24) is 25.4 Å². The molecule has 218 valence electrons. The number of anilines is 1. The maximum Gasteiger partial charge on any atom is 0.417 e. The molecule has 2 heterocycles. The molecular formula is C27H22F4N6O5. The molecule has 2 aromatic heterocycles. The fourth-order valence-corrected chi connectivity index (χ4v) is 4.10. The third-order valence-corrected chi connectivity index (χ3v) is 5.97. The van der Waals surface area contributed by atoms with Gasteiger partial charge in [0, 0.05) is 30.9 Å². The predicted molar refractivity (Wildman–Crippen MR) is 141 cm³/mol. The van der Waals surface area contributed by atoms with E-state index in [9.17, 15) is 37.1 Å². The number of nitrogens with one attached hydrogen (secondary N) is 3. The maximum atomic E-state index is 15.0. The third kappa shape index (κ3) is 6.80. The molecule has 1 atom stereocenters. The average molecular weight is 587 g/mol. The number of carbonyl (C=O) groups is 3. The Balaban J connectivity index is 1.77. The number of hydrogen-bond acceptors (Lipinski definition) is 5. The van der Waals surface area contributed by atoms with Gasteiger partial charge >= 0.3 is 18.4 Å². The zero-order valence-electron chi connectivity index (χ0n) is 21.6. The summed E-state index contributed by atoms with van der Waals surface area (Å²) in [6.07, 6.45) is -6.38. The Morgan fingerprint density at radius 2 is 1.71 bits per heavy atom. The standard InChI is InChI=1S/C27H22F4N6O5/c1-37-10-9-19(36-37)15-11-16(18(28)12-17(15)27(29,30)31)24(38)34-21-8-7-20(22(35-26(41)42)13-32-25(39)40)33-23(21)14-5-3-2-4-6-14/h2-12,22,32,35H,13H2,1H3,(H,34,38)(H,39,40)(H,41,42). The number of aromatic nitrogens is 3. The molecule has 0 saturated heterocycles. The summed E-state index contributed by atoms with van der Waals surface area (Å²) in [5.41, 5.74) is -1.97. The highest BCUT2D eigenvalue weighted by molar-refractivity contribution is 6.07. The van der Waals surface area contributed by atoms with Crippen LogP contribution in [0, 0.1) is 5.82 Å². The van der Waals surface area contributed by atoms with Gasteiger partial charge in [-0.3, -0.25) is 9.48 Å². The minimum absolute atomic E-state index is 0.0221. The first-order chi connectivity index (χ1) is 19.8. The number of hydrogen-bond donors (Lipinski definition) is 5. The van der Waals surface area contributed by atoms with Crippen LogP contribution in [0.1, 0.15) is 27.7 Å². The Labute approximate surface area is 234 Å². The Bertz CT molecular complexity index is 1640. The molecule has 5 N–H and O–H groups in total. The van der Waals surface area contributed by atoms with Crippen LogP contribution in [0.15, 0.2) is 66.9 Å². The van der Waals surface area contributed by atoms with E-state index in [0.717, 1.165) is 6.07 Å². The van der Waals surface area contributed by atoms with Gasteiger partial charge in [-0.1, -0.05) is 30.3 Å². The molecule has 11 nitrogen and oxygen atoms in total. The van der Waals surface area contributed by atoms with Crippen molar-refractivity contribution in [3.63, 3.8) is 0 Å². The number of halogens is 4. The van der Waals surface area contributed by atoms with Crippen LogP contribution in [0.2, 0.25) is 0 Å². The van der Waals surface area contributed by atoms with Gasteiger partial charge in [-0.15, -0.1) is 0 Å². The number of aryl methyl sites for hydroxylation is 1. The van der Waals surface area contributed by atoms with Crippen molar-refractivity contribution < 1.29 is 42.2 Å². The van der Waals surface area contributed by atoms with Crippen LogP contribution in [0.25, 0.3) is 22.5 Å². The summed E-state index contributed by atoms with van der Waals surface area (Å²) in [7, 11) is 1.49. The number of alkyl halides is 3. The fourth-order valence-electron chi connectivity index (χ4n) is 4.10. The van der Waals surface area contributed by atoms with Crippen LogP contribution in [-0.4, -0.2) is 49.6 Å². The summed E-state index contributed by atoms with van der Waals surface area (Å²) >= 11 is 0. The molecule has 15 heteroatoms. The van der Waals surface area contributed by atoms with Crippen LogP contribution in [-0.2, 0) is 13.2 Å². The first kappa shape index (κ1) is 29.5. The van der Waals surface area contributed by atoms with Crippen molar-refractivity contribution >= 4 is 23.8 Å². The normalized spacial score (nSPS) is 11.9. The van der Waals surface area contributed by atoms with E-state index in [4.69, 9.17) is 5.11 Å². The second-order valence-corrected chi connectivity index (χ2v) is 8.89. The summed E-state index contributed by atoms with van der Waals surface area (Å²) in [4.78, 5) is 40.0. The molecule has 42 heavy (non-hydrogen) atoms. The van der Waals surface area contributed by atoms with Gasteiger partial charge in [-0.25, -0.2) is 19.0 Å². The lowest BCUT2D eigenvalue weighted by atomic mass is 9.99. The monoisotopic (exact) mass is 586 g/mol. The lowest BCUT2D eigenvalue weighted by molar-refractivity contribution is -0.137. The average Bonchev–Trinajstić information content (AvgIpc) is 3.36. The van der Waals surface area contributed by atoms with Gasteiger partial charge in [0.1, 0.15) is 5.82 Å². The molecule has 0 radical (unpaired) electrons. The van der Waals surface area contributed by atoms with E-state index in [1.54, 1.807) is 30.3 Å². The minimum Gasteiger partial charge on any atom is -0.465 e. The highest BCUT2D eigenvalue weighted by Crippen LogP contribution is 2.38. The summed E-state index contributed by atoms with van der Waals surface area (Å²) in [6.45, 7) is -0.373. The van der Waals surface area contributed by atoms with Crippen molar-refractivity contribution in [3.8, 4) is 22.5 Å². The van der Waals surface area contributed by atoms with Gasteiger partial charge in [-0.2, -0.15) is 18.3 Å². The molecule has 1 unspecified atom stereocenters. The van der Waals surface area contributed by atoms with Crippen LogP contribution < -0.4 is 16.0 Å². The van der Waals surface area contributed by atoms with E-state index in [2.05, 4.69) is 26.0 Å². The number of carbonyl (C=O) groups excluding carboxylic acids is 1. The van der Waals surface area contributed by atoms with E-state index < -0.39 is 52.8 Å². The molecule has 4 rings (SSSR count). The second-order valence-electron chi connectivity index (χ2n) is 8.89. The van der Waals surface area contributed by atoms with E-state index >= 15 is 0 Å². The number of rotatable bonds is 8. The molecular weight excluding hydrogens is 564 g/mol. The largest absolute Gasteiger partial charge is 0.465 e. The summed E-state index contributed by atoms with van der Waals surface area (Å²) in [5.74, 6) is -2.51. The topological polar surface area (TPSA) is 158 Å². The van der Waals surface area contributed by atoms with Crippen molar-refractivity contribution in [2.24, 2.45) is 7.05 Å². The van der Waals surface area contributed by atoms with Gasteiger partial charge in [0.2, 0.25) is 0 Å². The molecule has 4 aromatic rings. The first-order valence-electron chi connectivity index (χ1n) is 12.1. The quantitative estimate of drug-likeness (QED) is 0.179. The zero-order valence-corrected chi connectivity index (χ0v) is 21.6. The van der Waals surface area contributed by atoms with E-state index in [-0.39, 0.29) is 35.4 Å². The lowest BCUT2D eigenvalue weighted by Gasteiger charge is -2.19. The highest BCUT2D eigenvalue weighted by Gasteiger charge is 2.36. The summed E-state index contributed by atoms with van der Waals surface area (Å²) in [6, 6.07) is 12.1. The van der Waals surface area contributed by atoms with Crippen LogP contribution in [0.3, 0.4) is 0 Å². The predicted octanol–water partition coefficient (Wildman–Crippen LogP) is 5.14. The highest BCUT2D eigenvalue weighted by atomic mass is 19.4. The number of nitrogens with zero attached hydrogens (tertiary/aromatic N) is 3. The van der Waals surface area contributed by atoms with Gasteiger partial charge in [0.25, 0.3) is 5.91 Å². The Morgan fingerprint density at radius 1 is 1.00 bits per heavy atom. The molecule has 0 aliphatic rings. The fraction of sp³-hybridized carbons (Fsp3) is 0.148. The Morgan fingerprint density at radius 3 is 2.31 bits per heavy atom. The maximum absolute atomic E-state index is 15.0. The van der Waals surface area contributed by atoms with Gasteiger partial charge in [0.15, 0.2) is 0 Å². The SMILES string of the molecule is Cn1ccc(-c2cc(C(=O)Nc3ccc(C(CNC(=O)O)NC(=O)O)nc3-c3ccccc3)c(F)cc2C(F)(F)F)n1. The molecule has 0 aliphatic heterocycles. The second kappa shape index (κ2) is 12.0.